The quantitative estimate of drug-likeness (QED) is 0.636. The Morgan fingerprint density at radius 3 is 2.86 bits per heavy atom. The lowest BCUT2D eigenvalue weighted by molar-refractivity contribution is -0.116. The van der Waals surface area contributed by atoms with Crippen molar-refractivity contribution in [3.63, 3.8) is 0 Å². The second-order valence-corrected chi connectivity index (χ2v) is 3.57. The van der Waals surface area contributed by atoms with Crippen LogP contribution in [-0.4, -0.2) is 35.3 Å². The van der Waals surface area contributed by atoms with Crippen LogP contribution in [0.4, 0.5) is 0 Å². The van der Waals surface area contributed by atoms with E-state index in [-0.39, 0.29) is 24.3 Å². The summed E-state index contributed by atoms with van der Waals surface area (Å²) >= 11 is 0. The van der Waals surface area contributed by atoms with Crippen molar-refractivity contribution in [3.8, 4) is 0 Å². The summed E-state index contributed by atoms with van der Waals surface area (Å²) in [5, 5.41) is 12.4. The fraction of sp³-hybridized carbons (Fsp3) is 0.667. The van der Waals surface area contributed by atoms with Gasteiger partial charge in [0.2, 0.25) is 0 Å². The molecule has 0 aliphatic carbocycles. The Bertz CT molecular complexity index is 303. The Balaban J connectivity index is 2.12. The Morgan fingerprint density at radius 1 is 1.36 bits per heavy atom. The fourth-order valence-electron chi connectivity index (χ4n) is 1.73. The van der Waals surface area contributed by atoms with Gasteiger partial charge in [-0.1, -0.05) is 6.42 Å². The molecule has 0 spiro atoms. The second kappa shape index (κ2) is 3.88. The summed E-state index contributed by atoms with van der Waals surface area (Å²) in [6, 6.07) is 0.0372. The number of carbonyl (C=O) groups excluding carboxylic acids is 1. The van der Waals surface area contributed by atoms with Crippen molar-refractivity contribution in [3.05, 3.63) is 0 Å². The summed E-state index contributed by atoms with van der Waals surface area (Å²) < 4.78 is 0. The molecule has 1 amide bonds. The highest BCUT2D eigenvalue weighted by Crippen LogP contribution is 2.12. The monoisotopic (exact) mass is 195 g/mol. The van der Waals surface area contributed by atoms with Crippen LogP contribution in [0, 0.1) is 0 Å². The predicted molar refractivity (Wildman–Crippen MR) is 52.8 cm³/mol. The molecule has 2 rings (SSSR count). The van der Waals surface area contributed by atoms with Gasteiger partial charge in [0.1, 0.15) is 6.42 Å². The van der Waals surface area contributed by atoms with Crippen LogP contribution in [-0.2, 0) is 4.79 Å². The highest BCUT2D eigenvalue weighted by Gasteiger charge is 2.23. The number of aliphatic imine (C=N–C) groups is 2. The first-order valence-corrected chi connectivity index (χ1v) is 4.87. The molecule has 0 bridgehead atoms. The number of nitrogens with one attached hydrogen (secondary N) is 1. The van der Waals surface area contributed by atoms with Crippen molar-refractivity contribution >= 4 is 17.6 Å². The Hall–Kier alpha value is -1.23. The van der Waals surface area contributed by atoms with Crippen LogP contribution in [0.2, 0.25) is 0 Å². The van der Waals surface area contributed by atoms with E-state index in [4.69, 9.17) is 0 Å². The third-order valence-corrected chi connectivity index (χ3v) is 2.41. The first-order valence-electron chi connectivity index (χ1n) is 4.87. The van der Waals surface area contributed by atoms with Gasteiger partial charge in [0.15, 0.2) is 11.7 Å². The maximum Gasteiger partial charge on any atom is 0.256 e. The van der Waals surface area contributed by atoms with Gasteiger partial charge in [-0.2, -0.15) is 4.99 Å². The van der Waals surface area contributed by atoms with Crippen molar-refractivity contribution in [2.45, 2.75) is 31.7 Å². The fourth-order valence-corrected chi connectivity index (χ4v) is 1.73. The number of amides is 1. The van der Waals surface area contributed by atoms with Gasteiger partial charge in [-0.15, -0.1) is 0 Å². The number of amidine groups is 1. The van der Waals surface area contributed by atoms with E-state index in [0.29, 0.717) is 5.84 Å². The summed E-state index contributed by atoms with van der Waals surface area (Å²) in [6.45, 7) is 0.925. The molecule has 0 aromatic carbocycles. The molecular formula is C9H13N3O2. The number of aliphatic hydroxyl groups is 1. The molecule has 1 unspecified atom stereocenters. The number of rotatable bonds is 1. The molecule has 2 heterocycles. The van der Waals surface area contributed by atoms with Crippen LogP contribution in [0.3, 0.4) is 0 Å². The minimum absolute atomic E-state index is 0.0372. The van der Waals surface area contributed by atoms with Crippen LogP contribution in [0.5, 0.6) is 0 Å². The molecule has 0 aromatic heterocycles. The molecule has 0 radical (unpaired) electrons. The van der Waals surface area contributed by atoms with E-state index in [1.54, 1.807) is 0 Å². The van der Waals surface area contributed by atoms with Crippen LogP contribution in [0.25, 0.3) is 0 Å². The molecule has 5 nitrogen and oxygen atoms in total. The number of aliphatic hydroxyl groups excluding tert-OH is 1. The van der Waals surface area contributed by atoms with E-state index in [9.17, 15) is 9.90 Å². The molecule has 1 atom stereocenters. The average Bonchev–Trinajstić information content (AvgIpc) is 2.18. The van der Waals surface area contributed by atoms with E-state index in [1.807, 2.05) is 0 Å². The molecule has 5 heteroatoms. The van der Waals surface area contributed by atoms with Crippen LogP contribution >= 0.6 is 0 Å². The normalized spacial score (nSPS) is 28.3. The molecule has 76 valence electrons. The van der Waals surface area contributed by atoms with Crippen molar-refractivity contribution in [1.82, 2.24) is 5.32 Å². The Labute approximate surface area is 81.9 Å². The molecule has 1 fully saturated rings. The van der Waals surface area contributed by atoms with E-state index in [2.05, 4.69) is 15.3 Å². The maximum absolute atomic E-state index is 11.1. The number of carbonyl (C=O) groups is 1. The third-order valence-electron chi connectivity index (χ3n) is 2.41. The first-order chi connectivity index (χ1) is 6.75. The number of hydrogen-bond donors (Lipinski definition) is 2. The molecule has 0 aromatic rings. The molecule has 0 saturated carbocycles. The number of piperidine rings is 1. The molecular weight excluding hydrogens is 182 g/mol. The highest BCUT2D eigenvalue weighted by molar-refractivity contribution is 6.12. The zero-order valence-electron chi connectivity index (χ0n) is 7.86. The number of hydrogen-bond acceptors (Lipinski definition) is 3. The van der Waals surface area contributed by atoms with Gasteiger partial charge in [0, 0.05) is 0 Å². The number of nitrogens with zero attached hydrogens (tertiary/aromatic N) is 2. The first kappa shape index (κ1) is 9.33. The third kappa shape index (κ3) is 1.98. The summed E-state index contributed by atoms with van der Waals surface area (Å²) in [4.78, 5) is 18.8. The minimum Gasteiger partial charge on any atom is -0.496 e. The molecule has 14 heavy (non-hydrogen) atoms. The predicted octanol–water partition coefficient (Wildman–Crippen LogP) is 0.414. The molecule has 2 N–H and O–H groups in total. The van der Waals surface area contributed by atoms with E-state index in [0.717, 1.165) is 25.8 Å². The average molecular weight is 195 g/mol. The van der Waals surface area contributed by atoms with Gasteiger partial charge in [0.25, 0.3) is 5.91 Å². The van der Waals surface area contributed by atoms with Gasteiger partial charge < -0.3 is 10.4 Å². The standard InChI is InChI=1S/C9H13N3O2/c13-7-5-8(14)12-9(11-7)6-3-1-2-4-10-6/h6,10H,1-5H2,(H,11,12,13,14). The van der Waals surface area contributed by atoms with Gasteiger partial charge in [0.05, 0.1) is 6.04 Å². The lowest BCUT2D eigenvalue weighted by atomic mass is 10.0. The Morgan fingerprint density at radius 2 is 2.21 bits per heavy atom. The SMILES string of the molecule is O=C1CC(O)=NC(C2CCCCN2)=N1. The summed E-state index contributed by atoms with van der Waals surface area (Å²) in [6.07, 6.45) is 3.13. The van der Waals surface area contributed by atoms with Crippen molar-refractivity contribution < 1.29 is 9.90 Å². The van der Waals surface area contributed by atoms with Crippen molar-refractivity contribution in [2.75, 3.05) is 6.54 Å². The lowest BCUT2D eigenvalue weighted by Crippen LogP contribution is -2.41. The van der Waals surface area contributed by atoms with Crippen molar-refractivity contribution in [2.24, 2.45) is 9.98 Å². The summed E-state index contributed by atoms with van der Waals surface area (Å²) in [5.74, 6) is 0.0192. The van der Waals surface area contributed by atoms with E-state index < -0.39 is 0 Å². The lowest BCUT2D eigenvalue weighted by Gasteiger charge is -2.23. The largest absolute Gasteiger partial charge is 0.496 e. The van der Waals surface area contributed by atoms with Gasteiger partial charge in [-0.25, -0.2) is 4.99 Å². The molecule has 2 aliphatic heterocycles. The van der Waals surface area contributed by atoms with E-state index >= 15 is 0 Å². The smallest absolute Gasteiger partial charge is 0.256 e. The van der Waals surface area contributed by atoms with Gasteiger partial charge in [-0.05, 0) is 19.4 Å². The zero-order chi connectivity index (χ0) is 9.97. The van der Waals surface area contributed by atoms with E-state index in [1.165, 1.54) is 0 Å². The zero-order valence-corrected chi connectivity index (χ0v) is 7.86. The summed E-state index contributed by atoms with van der Waals surface area (Å²) in [5.41, 5.74) is 0. The maximum atomic E-state index is 11.1. The van der Waals surface area contributed by atoms with Crippen LogP contribution < -0.4 is 5.32 Å². The molecule has 1 saturated heterocycles. The van der Waals surface area contributed by atoms with Gasteiger partial charge in [-0.3, -0.25) is 4.79 Å². The second-order valence-electron chi connectivity index (χ2n) is 3.57. The van der Waals surface area contributed by atoms with Crippen LogP contribution in [0.1, 0.15) is 25.7 Å². The molecule has 2 aliphatic rings. The van der Waals surface area contributed by atoms with Crippen LogP contribution in [0.15, 0.2) is 9.98 Å². The topological polar surface area (TPSA) is 74.0 Å². The van der Waals surface area contributed by atoms with Gasteiger partial charge >= 0.3 is 0 Å². The minimum atomic E-state index is -0.306. The van der Waals surface area contributed by atoms with Crippen molar-refractivity contribution in [1.29, 1.82) is 0 Å². The Kier molecular flexibility index (Phi) is 2.58. The summed E-state index contributed by atoms with van der Waals surface area (Å²) in [7, 11) is 0. The highest BCUT2D eigenvalue weighted by atomic mass is 16.3.